The largest absolute Gasteiger partial charge is 0.444 e. The molecule has 0 fully saturated rings. The van der Waals surface area contributed by atoms with Gasteiger partial charge in [-0.2, -0.15) is 0 Å². The Morgan fingerprint density at radius 1 is 1.35 bits per heavy atom. The molecule has 0 saturated heterocycles. The molecule has 1 rings (SSSR count). The molecule has 1 amide bonds. The number of ether oxygens (including phenoxy) is 1. The number of alkyl carbamates (subject to hydrolysis) is 1. The molecule has 1 aromatic carbocycles. The Morgan fingerprint density at radius 2 is 2.00 bits per heavy atom. The van der Waals surface area contributed by atoms with Crippen molar-refractivity contribution < 1.29 is 9.53 Å². The summed E-state index contributed by atoms with van der Waals surface area (Å²) in [5.74, 6) is 0.0859. The van der Waals surface area contributed by atoms with Gasteiger partial charge in [0.1, 0.15) is 5.60 Å². The molecule has 0 spiro atoms. The summed E-state index contributed by atoms with van der Waals surface area (Å²) in [4.78, 5) is 11.6. The van der Waals surface area contributed by atoms with Gasteiger partial charge in [-0.15, -0.1) is 0 Å². The van der Waals surface area contributed by atoms with Crippen LogP contribution in [0, 0.1) is 5.92 Å². The molecule has 20 heavy (non-hydrogen) atoms. The maximum atomic E-state index is 11.6. The van der Waals surface area contributed by atoms with Crippen LogP contribution in [-0.4, -0.2) is 24.8 Å². The summed E-state index contributed by atoms with van der Waals surface area (Å²) in [7, 11) is 0. The van der Waals surface area contributed by atoms with Gasteiger partial charge in [0.2, 0.25) is 0 Å². The molecule has 3 N–H and O–H groups in total. The van der Waals surface area contributed by atoms with Gasteiger partial charge in [0.25, 0.3) is 0 Å². The maximum Gasteiger partial charge on any atom is 0.407 e. The second-order valence-corrected chi connectivity index (χ2v) is 5.65. The lowest BCUT2D eigenvalue weighted by atomic mass is 10.1. The fourth-order valence-corrected chi connectivity index (χ4v) is 1.57. The van der Waals surface area contributed by atoms with Crippen LogP contribution in [0.5, 0.6) is 0 Å². The fraction of sp³-hybridized carbons (Fsp3) is 0.438. The zero-order valence-corrected chi connectivity index (χ0v) is 12.4. The molecule has 0 heterocycles. The predicted octanol–water partition coefficient (Wildman–Crippen LogP) is 2.80. The topological polar surface area (TPSA) is 64.3 Å². The third kappa shape index (κ3) is 6.95. The SMILES string of the molecule is CC(C)(C)OC(=O)NCC(/C=C/c1ccccc1)CN. The first kappa shape index (κ1) is 16.2. The predicted molar refractivity (Wildman–Crippen MR) is 82.3 cm³/mol. The smallest absolute Gasteiger partial charge is 0.407 e. The molecule has 0 radical (unpaired) electrons. The highest BCUT2D eigenvalue weighted by Crippen LogP contribution is 2.07. The van der Waals surface area contributed by atoms with Crippen molar-refractivity contribution in [1.82, 2.24) is 5.32 Å². The number of rotatable bonds is 5. The molecule has 4 nitrogen and oxygen atoms in total. The van der Waals surface area contributed by atoms with E-state index in [1.165, 1.54) is 0 Å². The number of benzene rings is 1. The van der Waals surface area contributed by atoms with E-state index in [2.05, 4.69) is 5.32 Å². The van der Waals surface area contributed by atoms with E-state index in [0.717, 1.165) is 5.56 Å². The van der Waals surface area contributed by atoms with Gasteiger partial charge < -0.3 is 15.8 Å². The molecule has 110 valence electrons. The lowest BCUT2D eigenvalue weighted by molar-refractivity contribution is 0.0523. The van der Waals surface area contributed by atoms with E-state index in [1.54, 1.807) is 0 Å². The Hall–Kier alpha value is -1.81. The molecule has 0 aromatic heterocycles. The molecule has 0 aliphatic carbocycles. The van der Waals surface area contributed by atoms with Crippen LogP contribution in [0.15, 0.2) is 36.4 Å². The zero-order valence-electron chi connectivity index (χ0n) is 12.4. The highest BCUT2D eigenvalue weighted by atomic mass is 16.6. The van der Waals surface area contributed by atoms with Gasteiger partial charge in [0.15, 0.2) is 0 Å². The van der Waals surface area contributed by atoms with Crippen LogP contribution in [0.4, 0.5) is 4.79 Å². The molecule has 0 bridgehead atoms. The van der Waals surface area contributed by atoms with Crippen LogP contribution in [0.1, 0.15) is 26.3 Å². The normalized spacial score (nSPS) is 13.2. The average molecular weight is 276 g/mol. The second-order valence-electron chi connectivity index (χ2n) is 5.65. The third-order valence-corrected chi connectivity index (χ3v) is 2.57. The van der Waals surface area contributed by atoms with E-state index in [1.807, 2.05) is 63.3 Å². The van der Waals surface area contributed by atoms with Crippen molar-refractivity contribution in [3.05, 3.63) is 42.0 Å². The Bertz CT molecular complexity index is 436. The monoisotopic (exact) mass is 276 g/mol. The molecule has 1 aromatic rings. The van der Waals surface area contributed by atoms with Gasteiger partial charge in [0.05, 0.1) is 0 Å². The van der Waals surface area contributed by atoms with Crippen LogP contribution < -0.4 is 11.1 Å². The summed E-state index contributed by atoms with van der Waals surface area (Å²) in [6, 6.07) is 9.98. The highest BCUT2D eigenvalue weighted by molar-refractivity contribution is 5.67. The van der Waals surface area contributed by atoms with E-state index in [0.29, 0.717) is 13.1 Å². The van der Waals surface area contributed by atoms with Gasteiger partial charge in [-0.05, 0) is 26.3 Å². The minimum atomic E-state index is -0.484. The Kier molecular flexibility index (Phi) is 6.25. The van der Waals surface area contributed by atoms with Crippen molar-refractivity contribution in [2.75, 3.05) is 13.1 Å². The zero-order chi connectivity index (χ0) is 15.0. The minimum Gasteiger partial charge on any atom is -0.444 e. The van der Waals surface area contributed by atoms with Gasteiger partial charge in [-0.1, -0.05) is 42.5 Å². The van der Waals surface area contributed by atoms with E-state index >= 15 is 0 Å². The van der Waals surface area contributed by atoms with Gasteiger partial charge in [0, 0.05) is 19.0 Å². The lowest BCUT2D eigenvalue weighted by Gasteiger charge is -2.20. The number of nitrogens with two attached hydrogens (primary N) is 1. The van der Waals surface area contributed by atoms with Crippen molar-refractivity contribution >= 4 is 12.2 Å². The first-order valence-corrected chi connectivity index (χ1v) is 6.81. The van der Waals surface area contributed by atoms with Gasteiger partial charge in [-0.3, -0.25) is 0 Å². The molecular formula is C16H24N2O2. The Labute approximate surface area is 121 Å². The number of nitrogens with one attached hydrogen (secondary N) is 1. The molecule has 4 heteroatoms. The summed E-state index contributed by atoms with van der Waals surface area (Å²) < 4.78 is 5.18. The summed E-state index contributed by atoms with van der Waals surface area (Å²) in [6.07, 6.45) is 3.60. The van der Waals surface area contributed by atoms with Crippen LogP contribution in [0.25, 0.3) is 6.08 Å². The molecule has 1 unspecified atom stereocenters. The molecule has 0 aliphatic rings. The van der Waals surface area contributed by atoms with Crippen molar-refractivity contribution in [2.24, 2.45) is 11.7 Å². The number of carbonyl (C=O) groups is 1. The quantitative estimate of drug-likeness (QED) is 0.869. The third-order valence-electron chi connectivity index (χ3n) is 2.57. The molecular weight excluding hydrogens is 252 g/mol. The Balaban J connectivity index is 2.44. The Morgan fingerprint density at radius 3 is 2.55 bits per heavy atom. The maximum absolute atomic E-state index is 11.6. The number of carbonyl (C=O) groups excluding carboxylic acids is 1. The lowest BCUT2D eigenvalue weighted by Crippen LogP contribution is -2.36. The van der Waals surface area contributed by atoms with Crippen molar-refractivity contribution in [3.8, 4) is 0 Å². The van der Waals surface area contributed by atoms with E-state index in [-0.39, 0.29) is 5.92 Å². The van der Waals surface area contributed by atoms with Crippen molar-refractivity contribution in [1.29, 1.82) is 0 Å². The number of amides is 1. The number of hydrogen-bond acceptors (Lipinski definition) is 3. The summed E-state index contributed by atoms with van der Waals surface area (Å²) in [5, 5.41) is 2.73. The summed E-state index contributed by atoms with van der Waals surface area (Å²) >= 11 is 0. The van der Waals surface area contributed by atoms with E-state index in [4.69, 9.17) is 10.5 Å². The van der Waals surface area contributed by atoms with E-state index < -0.39 is 11.7 Å². The van der Waals surface area contributed by atoms with E-state index in [9.17, 15) is 4.79 Å². The second kappa shape index (κ2) is 7.70. The van der Waals surface area contributed by atoms with Gasteiger partial charge in [-0.25, -0.2) is 4.79 Å². The van der Waals surface area contributed by atoms with Crippen molar-refractivity contribution in [2.45, 2.75) is 26.4 Å². The van der Waals surface area contributed by atoms with Crippen LogP contribution >= 0.6 is 0 Å². The van der Waals surface area contributed by atoms with Crippen LogP contribution in [0.2, 0.25) is 0 Å². The van der Waals surface area contributed by atoms with Crippen LogP contribution in [-0.2, 0) is 4.74 Å². The van der Waals surface area contributed by atoms with Crippen LogP contribution in [0.3, 0.4) is 0 Å². The number of hydrogen-bond donors (Lipinski definition) is 2. The summed E-state index contributed by atoms with van der Waals surface area (Å²) in [6.45, 7) is 6.45. The molecule has 0 saturated carbocycles. The molecule has 0 aliphatic heterocycles. The minimum absolute atomic E-state index is 0.0859. The standard InChI is InChI=1S/C16H24N2O2/c1-16(2,3)20-15(19)18-12-14(11-17)10-9-13-7-5-4-6-8-13/h4-10,14H,11-12,17H2,1-3H3,(H,18,19)/b10-9+. The first-order valence-electron chi connectivity index (χ1n) is 6.81. The fourth-order valence-electron chi connectivity index (χ4n) is 1.57. The van der Waals surface area contributed by atoms with Crippen molar-refractivity contribution in [3.63, 3.8) is 0 Å². The molecule has 1 atom stereocenters. The first-order chi connectivity index (χ1) is 9.40. The van der Waals surface area contributed by atoms with Gasteiger partial charge >= 0.3 is 6.09 Å². The average Bonchev–Trinajstić information content (AvgIpc) is 2.38. The summed E-state index contributed by atoms with van der Waals surface area (Å²) in [5.41, 5.74) is 6.34. The highest BCUT2D eigenvalue weighted by Gasteiger charge is 2.16.